The number of rotatable bonds is 10. The number of fused-ring (bicyclic) bond motifs is 1. The Morgan fingerprint density at radius 2 is 2.13 bits per heavy atom. The molecule has 4 rings (SSSR count). The van der Waals surface area contributed by atoms with E-state index in [-0.39, 0.29) is 36.2 Å². The molecule has 1 aliphatic rings. The highest BCUT2D eigenvalue weighted by Gasteiger charge is 2.22. The van der Waals surface area contributed by atoms with Crippen LogP contribution in [0.1, 0.15) is 6.92 Å². The van der Waals surface area contributed by atoms with Gasteiger partial charge in [-0.25, -0.2) is 14.4 Å². The summed E-state index contributed by atoms with van der Waals surface area (Å²) in [6, 6.07) is 7.62. The van der Waals surface area contributed by atoms with Crippen molar-refractivity contribution < 1.29 is 28.2 Å². The fourth-order valence-electron chi connectivity index (χ4n) is 3.88. The number of hydrogen-bond donors (Lipinski definition) is 2. The molecule has 3 aromatic rings. The Labute approximate surface area is 223 Å². The second-order valence-electron chi connectivity index (χ2n) is 8.57. The van der Waals surface area contributed by atoms with Gasteiger partial charge in [0.25, 0.3) is 0 Å². The van der Waals surface area contributed by atoms with Crippen LogP contribution in [0.25, 0.3) is 10.9 Å². The van der Waals surface area contributed by atoms with Crippen molar-refractivity contribution in [2.24, 2.45) is 0 Å². The van der Waals surface area contributed by atoms with E-state index in [0.717, 1.165) is 0 Å². The topological polar surface area (TPSA) is 115 Å². The summed E-state index contributed by atoms with van der Waals surface area (Å²) in [6.07, 6.45) is 4.27. The molecule has 1 amide bonds. The van der Waals surface area contributed by atoms with E-state index in [1.807, 2.05) is 11.8 Å². The number of anilines is 3. The average molecular weight is 544 g/mol. The van der Waals surface area contributed by atoms with Gasteiger partial charge in [0.1, 0.15) is 36.4 Å². The SMILES string of the molecule is COCCOc1cc2ncnc(Nc3ccc(F)c(Cl)c3)c2cc1NC(=O)/C=C/CN1CC(=O)O[C@H](C)C1. The zero-order valence-electron chi connectivity index (χ0n) is 20.9. The average Bonchev–Trinajstić information content (AvgIpc) is 2.86. The molecule has 0 aliphatic carbocycles. The first-order chi connectivity index (χ1) is 18.3. The molecule has 1 aliphatic heterocycles. The van der Waals surface area contributed by atoms with Gasteiger partial charge in [-0.15, -0.1) is 0 Å². The minimum atomic E-state index is -0.532. The van der Waals surface area contributed by atoms with E-state index in [1.54, 1.807) is 25.3 Å². The van der Waals surface area contributed by atoms with Gasteiger partial charge in [0.15, 0.2) is 0 Å². The van der Waals surface area contributed by atoms with Gasteiger partial charge >= 0.3 is 5.97 Å². The van der Waals surface area contributed by atoms with Crippen LogP contribution in [0.4, 0.5) is 21.6 Å². The van der Waals surface area contributed by atoms with Crippen molar-refractivity contribution in [2.75, 3.05) is 50.6 Å². The Bertz CT molecular complexity index is 1360. The molecule has 1 fully saturated rings. The highest BCUT2D eigenvalue weighted by Crippen LogP contribution is 2.34. The van der Waals surface area contributed by atoms with E-state index in [1.165, 1.54) is 30.6 Å². The van der Waals surface area contributed by atoms with E-state index >= 15 is 0 Å². The maximum Gasteiger partial charge on any atom is 0.320 e. The third-order valence-corrected chi connectivity index (χ3v) is 5.85. The summed E-state index contributed by atoms with van der Waals surface area (Å²) < 4.78 is 29.6. The van der Waals surface area contributed by atoms with E-state index in [0.29, 0.717) is 53.5 Å². The number of methoxy groups -OCH3 is 1. The maximum absolute atomic E-state index is 13.6. The molecule has 0 spiro atoms. The van der Waals surface area contributed by atoms with Crippen molar-refractivity contribution in [2.45, 2.75) is 13.0 Å². The fraction of sp³-hybridized carbons (Fsp3) is 0.308. The standard InChI is InChI=1S/C26H27ClFN5O5/c1-16-13-33(14-25(35)38-16)7-3-4-24(34)32-22-11-18-21(12-23(22)37-9-8-36-2)29-15-30-26(18)31-17-5-6-20(28)19(27)10-17/h3-6,10-12,15-16H,7-9,13-14H2,1-2H3,(H,32,34)(H,29,30,31)/b4-3+/t16-/m1/s1. The minimum Gasteiger partial charge on any atom is -0.489 e. The number of carbonyl (C=O) groups is 2. The smallest absolute Gasteiger partial charge is 0.320 e. The molecular formula is C26H27ClFN5O5. The van der Waals surface area contributed by atoms with Crippen molar-refractivity contribution in [3.05, 3.63) is 59.7 Å². The van der Waals surface area contributed by atoms with E-state index in [9.17, 15) is 14.0 Å². The molecule has 1 atom stereocenters. The van der Waals surface area contributed by atoms with E-state index in [4.69, 9.17) is 25.8 Å². The van der Waals surface area contributed by atoms with Gasteiger partial charge in [0, 0.05) is 43.4 Å². The van der Waals surface area contributed by atoms with Crippen LogP contribution < -0.4 is 15.4 Å². The molecule has 2 aromatic carbocycles. The third kappa shape index (κ3) is 7.15. The zero-order valence-corrected chi connectivity index (χ0v) is 21.6. The molecule has 2 heterocycles. The highest BCUT2D eigenvalue weighted by atomic mass is 35.5. The monoisotopic (exact) mass is 543 g/mol. The van der Waals surface area contributed by atoms with Crippen molar-refractivity contribution >= 4 is 51.6 Å². The van der Waals surface area contributed by atoms with Crippen LogP contribution in [0.3, 0.4) is 0 Å². The number of ether oxygens (including phenoxy) is 3. The minimum absolute atomic E-state index is 0.0298. The van der Waals surface area contributed by atoms with E-state index in [2.05, 4.69) is 20.6 Å². The number of nitrogens with zero attached hydrogens (tertiary/aromatic N) is 3. The lowest BCUT2D eigenvalue weighted by molar-refractivity contribution is -0.156. The number of carbonyl (C=O) groups excluding carboxylic acids is 2. The number of halogens is 2. The van der Waals surface area contributed by atoms with Crippen molar-refractivity contribution in [3.63, 3.8) is 0 Å². The molecule has 38 heavy (non-hydrogen) atoms. The van der Waals surface area contributed by atoms with Gasteiger partial charge in [-0.1, -0.05) is 17.7 Å². The summed E-state index contributed by atoms with van der Waals surface area (Å²) >= 11 is 5.91. The zero-order chi connectivity index (χ0) is 27.1. The fourth-order valence-corrected chi connectivity index (χ4v) is 4.06. The maximum atomic E-state index is 13.6. The van der Waals surface area contributed by atoms with Gasteiger partial charge in [0.2, 0.25) is 5.91 Å². The summed E-state index contributed by atoms with van der Waals surface area (Å²) in [5, 5.41) is 6.51. The van der Waals surface area contributed by atoms with Gasteiger partial charge < -0.3 is 24.8 Å². The molecule has 12 heteroatoms. The van der Waals surface area contributed by atoms with E-state index < -0.39 is 5.82 Å². The van der Waals surface area contributed by atoms with Crippen LogP contribution in [-0.2, 0) is 19.1 Å². The Kier molecular flexibility index (Phi) is 9.06. The first-order valence-electron chi connectivity index (χ1n) is 11.8. The lowest BCUT2D eigenvalue weighted by Crippen LogP contribution is -2.44. The number of esters is 1. The highest BCUT2D eigenvalue weighted by molar-refractivity contribution is 6.31. The molecule has 1 saturated heterocycles. The summed E-state index contributed by atoms with van der Waals surface area (Å²) in [6.45, 7) is 3.62. The number of amides is 1. The Morgan fingerprint density at radius 1 is 1.29 bits per heavy atom. The second kappa shape index (κ2) is 12.6. The Hall–Kier alpha value is -3.80. The second-order valence-corrected chi connectivity index (χ2v) is 8.98. The lowest BCUT2D eigenvalue weighted by atomic mass is 10.1. The molecule has 1 aromatic heterocycles. The van der Waals surface area contributed by atoms with Crippen LogP contribution in [-0.4, -0.2) is 72.8 Å². The number of hydrogen-bond acceptors (Lipinski definition) is 9. The Morgan fingerprint density at radius 3 is 2.89 bits per heavy atom. The summed E-state index contributed by atoms with van der Waals surface area (Å²) in [5.74, 6) is -0.373. The molecule has 0 unspecified atom stereocenters. The van der Waals surface area contributed by atoms with Gasteiger partial charge in [0.05, 0.1) is 29.4 Å². The van der Waals surface area contributed by atoms with Crippen LogP contribution in [0, 0.1) is 5.82 Å². The molecule has 0 radical (unpaired) electrons. The van der Waals surface area contributed by atoms with Crippen LogP contribution >= 0.6 is 11.6 Å². The summed E-state index contributed by atoms with van der Waals surface area (Å²) in [7, 11) is 1.56. The van der Waals surface area contributed by atoms with Crippen LogP contribution in [0.2, 0.25) is 5.02 Å². The van der Waals surface area contributed by atoms with Crippen molar-refractivity contribution in [3.8, 4) is 5.75 Å². The van der Waals surface area contributed by atoms with Crippen LogP contribution in [0.5, 0.6) is 5.75 Å². The van der Waals surface area contributed by atoms with Crippen molar-refractivity contribution in [1.29, 1.82) is 0 Å². The van der Waals surface area contributed by atoms with Gasteiger partial charge in [-0.3, -0.25) is 14.5 Å². The molecule has 10 nitrogen and oxygen atoms in total. The largest absolute Gasteiger partial charge is 0.489 e. The number of cyclic esters (lactones) is 1. The first kappa shape index (κ1) is 27.2. The summed E-state index contributed by atoms with van der Waals surface area (Å²) in [5.41, 5.74) is 1.48. The molecule has 0 bridgehead atoms. The third-order valence-electron chi connectivity index (χ3n) is 5.56. The molecule has 0 saturated carbocycles. The van der Waals surface area contributed by atoms with Crippen LogP contribution in [0.15, 0.2) is 48.8 Å². The van der Waals surface area contributed by atoms with Crippen molar-refractivity contribution in [1.82, 2.24) is 14.9 Å². The molecule has 200 valence electrons. The van der Waals surface area contributed by atoms with Gasteiger partial charge in [-0.05, 0) is 31.2 Å². The lowest BCUT2D eigenvalue weighted by Gasteiger charge is -2.29. The first-order valence-corrected chi connectivity index (χ1v) is 12.2. The van der Waals surface area contributed by atoms with Gasteiger partial charge in [-0.2, -0.15) is 0 Å². The molecular weight excluding hydrogens is 517 g/mol. The molecule has 2 N–H and O–H groups in total. The normalized spacial score (nSPS) is 16.0. The quantitative estimate of drug-likeness (QED) is 0.223. The number of aromatic nitrogens is 2. The predicted molar refractivity (Wildman–Crippen MR) is 141 cm³/mol. The predicted octanol–water partition coefficient (Wildman–Crippen LogP) is 3.93. The Balaban J connectivity index is 1.56. The number of nitrogens with one attached hydrogen (secondary N) is 2. The number of benzene rings is 2. The summed E-state index contributed by atoms with van der Waals surface area (Å²) in [4.78, 5) is 34.9. The number of morpholine rings is 1.